The molecule has 1 aliphatic rings. The topological polar surface area (TPSA) is 26.3 Å². The summed E-state index contributed by atoms with van der Waals surface area (Å²) in [7, 11) is 1.38. The highest BCUT2D eigenvalue weighted by molar-refractivity contribution is 6.33. The van der Waals surface area contributed by atoms with E-state index in [1.54, 1.807) is 6.92 Å². The Balaban J connectivity index is 2.38. The van der Waals surface area contributed by atoms with E-state index < -0.39 is 4.87 Å². The van der Waals surface area contributed by atoms with Gasteiger partial charge in [0.1, 0.15) is 4.87 Å². The highest BCUT2D eigenvalue weighted by Crippen LogP contribution is 2.29. The van der Waals surface area contributed by atoms with Crippen LogP contribution in [0, 0.1) is 5.92 Å². The molecule has 86 valence electrons. The minimum Gasteiger partial charge on any atom is -0.468 e. The van der Waals surface area contributed by atoms with Gasteiger partial charge < -0.3 is 4.74 Å². The highest BCUT2D eigenvalue weighted by atomic mass is 35.5. The van der Waals surface area contributed by atoms with Crippen molar-refractivity contribution in [3.63, 3.8) is 0 Å². The molecule has 0 spiro atoms. The third-order valence-electron chi connectivity index (χ3n) is 2.95. The van der Waals surface area contributed by atoms with E-state index >= 15 is 0 Å². The number of carbonyl (C=O) groups is 1. The van der Waals surface area contributed by atoms with Crippen LogP contribution in [0.4, 0.5) is 0 Å². The molecule has 2 nitrogen and oxygen atoms in total. The SMILES string of the molecule is COC(=O)C(C)(Cl)CCC1C=CCCC1. The van der Waals surface area contributed by atoms with Crippen LogP contribution >= 0.6 is 11.6 Å². The summed E-state index contributed by atoms with van der Waals surface area (Å²) < 4.78 is 4.67. The van der Waals surface area contributed by atoms with E-state index in [2.05, 4.69) is 16.9 Å². The van der Waals surface area contributed by atoms with Crippen LogP contribution < -0.4 is 0 Å². The molecule has 0 heterocycles. The molecule has 0 bridgehead atoms. The Labute approximate surface area is 96.6 Å². The smallest absolute Gasteiger partial charge is 0.326 e. The number of carbonyl (C=O) groups excluding carboxylic acids is 1. The second-order valence-electron chi connectivity index (χ2n) is 4.35. The highest BCUT2D eigenvalue weighted by Gasteiger charge is 2.31. The average Bonchev–Trinajstić information content (AvgIpc) is 2.27. The summed E-state index contributed by atoms with van der Waals surface area (Å²) in [6.45, 7) is 1.73. The summed E-state index contributed by atoms with van der Waals surface area (Å²) >= 11 is 6.11. The summed E-state index contributed by atoms with van der Waals surface area (Å²) in [6, 6.07) is 0. The van der Waals surface area contributed by atoms with Crippen molar-refractivity contribution in [2.24, 2.45) is 5.92 Å². The Morgan fingerprint density at radius 3 is 2.93 bits per heavy atom. The molecule has 2 atom stereocenters. The molecule has 0 aromatic carbocycles. The van der Waals surface area contributed by atoms with E-state index in [9.17, 15) is 4.79 Å². The van der Waals surface area contributed by atoms with Crippen LogP contribution in [0.25, 0.3) is 0 Å². The summed E-state index contributed by atoms with van der Waals surface area (Å²) in [5, 5.41) is 0. The van der Waals surface area contributed by atoms with Crippen molar-refractivity contribution in [3.05, 3.63) is 12.2 Å². The fourth-order valence-corrected chi connectivity index (χ4v) is 2.08. The normalized spacial score (nSPS) is 24.6. The van der Waals surface area contributed by atoms with E-state index in [0.29, 0.717) is 12.3 Å². The van der Waals surface area contributed by atoms with Crippen molar-refractivity contribution in [1.29, 1.82) is 0 Å². The number of hydrogen-bond acceptors (Lipinski definition) is 2. The molecule has 3 heteroatoms. The lowest BCUT2D eigenvalue weighted by atomic mass is 9.89. The maximum absolute atomic E-state index is 11.3. The van der Waals surface area contributed by atoms with Crippen LogP contribution in [0.2, 0.25) is 0 Å². The van der Waals surface area contributed by atoms with E-state index in [-0.39, 0.29) is 5.97 Å². The number of halogens is 1. The third-order valence-corrected chi connectivity index (χ3v) is 3.29. The molecule has 1 rings (SSSR count). The molecule has 0 aromatic heterocycles. The van der Waals surface area contributed by atoms with Gasteiger partial charge in [-0.3, -0.25) is 4.79 Å². The number of rotatable bonds is 4. The molecule has 2 unspecified atom stereocenters. The second kappa shape index (κ2) is 5.55. The number of ether oxygens (including phenoxy) is 1. The lowest BCUT2D eigenvalue weighted by Crippen LogP contribution is -2.30. The predicted octanol–water partition coefficient (Wildman–Crippen LogP) is 3.29. The van der Waals surface area contributed by atoms with Crippen molar-refractivity contribution in [2.75, 3.05) is 7.11 Å². The maximum atomic E-state index is 11.3. The van der Waals surface area contributed by atoms with Gasteiger partial charge in [0.25, 0.3) is 0 Å². The summed E-state index contributed by atoms with van der Waals surface area (Å²) in [5.74, 6) is 0.255. The molecule has 0 N–H and O–H groups in total. The van der Waals surface area contributed by atoms with E-state index in [1.807, 2.05) is 0 Å². The number of allylic oxidation sites excluding steroid dienone is 2. The summed E-state index contributed by atoms with van der Waals surface area (Å²) in [5.41, 5.74) is 0. The van der Waals surface area contributed by atoms with Gasteiger partial charge in [-0.2, -0.15) is 0 Å². The van der Waals surface area contributed by atoms with E-state index in [1.165, 1.54) is 26.4 Å². The van der Waals surface area contributed by atoms with Crippen molar-refractivity contribution >= 4 is 17.6 Å². The molecule has 0 aliphatic heterocycles. The van der Waals surface area contributed by atoms with Gasteiger partial charge in [-0.15, -0.1) is 11.6 Å². The molecular formula is C12H19ClO2. The van der Waals surface area contributed by atoms with Crippen molar-refractivity contribution in [2.45, 2.75) is 43.9 Å². The maximum Gasteiger partial charge on any atom is 0.326 e. The first-order valence-corrected chi connectivity index (χ1v) is 5.88. The van der Waals surface area contributed by atoms with Crippen LogP contribution in [-0.2, 0) is 9.53 Å². The van der Waals surface area contributed by atoms with Crippen molar-refractivity contribution < 1.29 is 9.53 Å². The van der Waals surface area contributed by atoms with Gasteiger partial charge >= 0.3 is 5.97 Å². The molecule has 15 heavy (non-hydrogen) atoms. The van der Waals surface area contributed by atoms with Crippen LogP contribution in [-0.4, -0.2) is 18.0 Å². The van der Waals surface area contributed by atoms with Gasteiger partial charge in [-0.1, -0.05) is 12.2 Å². The molecule has 0 saturated heterocycles. The van der Waals surface area contributed by atoms with Gasteiger partial charge in [0, 0.05) is 0 Å². The first-order chi connectivity index (χ1) is 7.06. The number of hydrogen-bond donors (Lipinski definition) is 0. The summed E-state index contributed by atoms with van der Waals surface area (Å²) in [6.07, 6.45) is 9.75. The molecule has 1 aliphatic carbocycles. The minimum absolute atomic E-state index is 0.330. The fourth-order valence-electron chi connectivity index (χ4n) is 1.89. The van der Waals surface area contributed by atoms with Crippen molar-refractivity contribution in [1.82, 2.24) is 0 Å². The first kappa shape index (κ1) is 12.6. The fraction of sp³-hybridized carbons (Fsp3) is 0.750. The van der Waals surface area contributed by atoms with Gasteiger partial charge in [0.15, 0.2) is 0 Å². The average molecular weight is 231 g/mol. The first-order valence-electron chi connectivity index (χ1n) is 5.50. The molecule has 0 amide bonds. The monoisotopic (exact) mass is 230 g/mol. The molecule has 0 aromatic rings. The number of methoxy groups -OCH3 is 1. The Hall–Kier alpha value is -0.500. The molecule has 0 radical (unpaired) electrons. The zero-order valence-corrected chi connectivity index (χ0v) is 10.2. The van der Waals surface area contributed by atoms with E-state index in [4.69, 9.17) is 11.6 Å². The van der Waals surface area contributed by atoms with Gasteiger partial charge in [-0.05, 0) is 44.9 Å². The van der Waals surface area contributed by atoms with Gasteiger partial charge in [0.05, 0.1) is 7.11 Å². The largest absolute Gasteiger partial charge is 0.468 e. The Morgan fingerprint density at radius 2 is 2.40 bits per heavy atom. The number of esters is 1. The zero-order valence-electron chi connectivity index (χ0n) is 9.46. The summed E-state index contributed by atoms with van der Waals surface area (Å²) in [4.78, 5) is 10.5. The van der Waals surface area contributed by atoms with Crippen LogP contribution in [0.15, 0.2) is 12.2 Å². The molecule has 0 fully saturated rings. The standard InChI is InChI=1S/C12H19ClO2/c1-12(13,11(14)15-2)9-8-10-6-4-3-5-7-10/h4,6,10H,3,5,7-9H2,1-2H3. The Morgan fingerprint density at radius 1 is 1.67 bits per heavy atom. The molecule has 0 saturated carbocycles. The lowest BCUT2D eigenvalue weighted by Gasteiger charge is -2.22. The van der Waals surface area contributed by atoms with Crippen LogP contribution in [0.3, 0.4) is 0 Å². The quantitative estimate of drug-likeness (QED) is 0.421. The van der Waals surface area contributed by atoms with Crippen LogP contribution in [0.5, 0.6) is 0 Å². The number of alkyl halides is 1. The lowest BCUT2D eigenvalue weighted by molar-refractivity contribution is -0.143. The Kier molecular flexibility index (Phi) is 4.65. The van der Waals surface area contributed by atoms with Gasteiger partial charge in [0.2, 0.25) is 0 Å². The predicted molar refractivity (Wildman–Crippen MR) is 62.0 cm³/mol. The molecular weight excluding hydrogens is 212 g/mol. The van der Waals surface area contributed by atoms with Gasteiger partial charge in [-0.25, -0.2) is 0 Å². The van der Waals surface area contributed by atoms with E-state index in [0.717, 1.165) is 6.42 Å². The Bertz CT molecular complexity index is 246. The third kappa shape index (κ3) is 3.86. The zero-order chi connectivity index (χ0) is 11.3. The van der Waals surface area contributed by atoms with Crippen molar-refractivity contribution in [3.8, 4) is 0 Å². The minimum atomic E-state index is -0.861. The second-order valence-corrected chi connectivity index (χ2v) is 5.18. The van der Waals surface area contributed by atoms with Crippen LogP contribution in [0.1, 0.15) is 39.0 Å².